The summed E-state index contributed by atoms with van der Waals surface area (Å²) in [6.07, 6.45) is 6.25. The molecule has 0 radical (unpaired) electrons. The zero-order valence-corrected chi connectivity index (χ0v) is 14.0. The fourth-order valence-electron chi connectivity index (χ4n) is 4.08. The standard InChI is InChI=1S/C17H25N5O/c1-3-7-21-8-12-5-6-13(21)10-22(9-12)16-15-17(19-11-18-16)23-14(4-2)20-15/h11-13H,3-10H2,1-2H3/t12-,13-/m1/s1. The molecule has 3 saturated heterocycles. The third-order valence-corrected chi connectivity index (χ3v) is 5.16. The summed E-state index contributed by atoms with van der Waals surface area (Å²) in [4.78, 5) is 18.5. The normalized spacial score (nSPS) is 25.2. The minimum atomic E-state index is 0.619. The Balaban J connectivity index is 1.67. The fraction of sp³-hybridized carbons (Fsp3) is 0.706. The molecule has 6 nitrogen and oxygen atoms in total. The van der Waals surface area contributed by atoms with Crippen molar-refractivity contribution in [3.8, 4) is 0 Å². The number of oxazole rings is 1. The summed E-state index contributed by atoms with van der Waals surface area (Å²) < 4.78 is 5.71. The molecule has 5 rings (SSSR count). The highest BCUT2D eigenvalue weighted by Gasteiger charge is 2.35. The summed E-state index contributed by atoms with van der Waals surface area (Å²) in [6.45, 7) is 8.85. The lowest BCUT2D eigenvalue weighted by atomic mass is 9.95. The first kappa shape index (κ1) is 14.9. The van der Waals surface area contributed by atoms with E-state index in [1.165, 1.54) is 32.4 Å². The van der Waals surface area contributed by atoms with Crippen molar-refractivity contribution in [2.45, 2.75) is 45.6 Å². The zero-order chi connectivity index (χ0) is 15.8. The van der Waals surface area contributed by atoms with Gasteiger partial charge in [0.25, 0.3) is 5.71 Å². The predicted octanol–water partition coefficient (Wildman–Crippen LogP) is 2.49. The average molecular weight is 315 g/mol. The lowest BCUT2D eigenvalue weighted by Gasteiger charge is -2.35. The highest BCUT2D eigenvalue weighted by atomic mass is 16.4. The van der Waals surface area contributed by atoms with Gasteiger partial charge in [0.1, 0.15) is 6.33 Å². The molecule has 3 aliphatic heterocycles. The Labute approximate surface area is 136 Å². The Hall–Kier alpha value is -1.69. The molecule has 3 aliphatic rings. The highest BCUT2D eigenvalue weighted by molar-refractivity contribution is 5.81. The SMILES string of the molecule is CCCN1C[C@H]2CC[C@@H]1CN(c1ncnc3oc(CC)nc13)C2. The quantitative estimate of drug-likeness (QED) is 0.864. The van der Waals surface area contributed by atoms with Gasteiger partial charge in [0.2, 0.25) is 0 Å². The van der Waals surface area contributed by atoms with Gasteiger partial charge in [-0.15, -0.1) is 0 Å². The molecule has 3 fully saturated rings. The molecule has 6 heteroatoms. The second-order valence-electron chi connectivity index (χ2n) is 6.81. The Bertz CT molecular complexity index is 685. The van der Waals surface area contributed by atoms with Crippen LogP contribution in [0.4, 0.5) is 5.82 Å². The number of piperidine rings is 1. The lowest BCUT2D eigenvalue weighted by molar-refractivity contribution is 0.134. The van der Waals surface area contributed by atoms with Gasteiger partial charge >= 0.3 is 0 Å². The molecule has 0 aliphatic carbocycles. The highest BCUT2D eigenvalue weighted by Crippen LogP contribution is 2.32. The molecule has 2 aromatic heterocycles. The van der Waals surface area contributed by atoms with Gasteiger partial charge in [0, 0.05) is 32.1 Å². The summed E-state index contributed by atoms with van der Waals surface area (Å²) in [5.74, 6) is 2.42. The molecule has 0 spiro atoms. The van der Waals surface area contributed by atoms with E-state index in [1.54, 1.807) is 6.33 Å². The van der Waals surface area contributed by atoms with Crippen molar-refractivity contribution in [2.24, 2.45) is 5.92 Å². The molecule has 0 unspecified atom stereocenters. The number of anilines is 1. The number of hydrogen-bond acceptors (Lipinski definition) is 6. The van der Waals surface area contributed by atoms with Crippen LogP contribution in [0.5, 0.6) is 0 Å². The molecule has 2 atom stereocenters. The third-order valence-electron chi connectivity index (χ3n) is 5.16. The van der Waals surface area contributed by atoms with Crippen molar-refractivity contribution >= 4 is 17.0 Å². The van der Waals surface area contributed by atoms with Crippen LogP contribution in [-0.2, 0) is 6.42 Å². The number of aryl methyl sites for hydroxylation is 1. The van der Waals surface area contributed by atoms with Crippen LogP contribution in [0.2, 0.25) is 0 Å². The Morgan fingerprint density at radius 3 is 2.91 bits per heavy atom. The van der Waals surface area contributed by atoms with E-state index >= 15 is 0 Å². The summed E-state index contributed by atoms with van der Waals surface area (Å²) in [5, 5.41) is 0. The van der Waals surface area contributed by atoms with Crippen molar-refractivity contribution in [1.29, 1.82) is 0 Å². The lowest BCUT2D eigenvalue weighted by Crippen LogP contribution is -2.44. The van der Waals surface area contributed by atoms with E-state index in [0.717, 1.165) is 42.7 Å². The van der Waals surface area contributed by atoms with Gasteiger partial charge < -0.3 is 9.32 Å². The first-order chi connectivity index (χ1) is 11.3. The Kier molecular flexibility index (Phi) is 3.93. The van der Waals surface area contributed by atoms with E-state index in [0.29, 0.717) is 11.8 Å². The van der Waals surface area contributed by atoms with Crippen LogP contribution < -0.4 is 4.90 Å². The molecule has 0 saturated carbocycles. The monoisotopic (exact) mass is 315 g/mol. The zero-order valence-electron chi connectivity index (χ0n) is 14.0. The van der Waals surface area contributed by atoms with Crippen LogP contribution in [-0.4, -0.2) is 52.1 Å². The molecule has 2 bridgehead atoms. The maximum atomic E-state index is 5.71. The van der Waals surface area contributed by atoms with Crippen LogP contribution in [0.25, 0.3) is 11.2 Å². The summed E-state index contributed by atoms with van der Waals surface area (Å²) in [7, 11) is 0. The second kappa shape index (κ2) is 6.07. The van der Waals surface area contributed by atoms with Crippen molar-refractivity contribution in [2.75, 3.05) is 31.1 Å². The maximum Gasteiger partial charge on any atom is 0.252 e. The van der Waals surface area contributed by atoms with E-state index in [2.05, 4.69) is 31.7 Å². The molecule has 0 aromatic carbocycles. The van der Waals surface area contributed by atoms with Crippen molar-refractivity contribution in [1.82, 2.24) is 19.9 Å². The average Bonchev–Trinajstić information content (AvgIpc) is 2.79. The van der Waals surface area contributed by atoms with Gasteiger partial charge in [0.05, 0.1) is 0 Å². The molecule has 2 aromatic rings. The van der Waals surface area contributed by atoms with Crippen LogP contribution >= 0.6 is 0 Å². The largest absolute Gasteiger partial charge is 0.422 e. The number of aromatic nitrogens is 3. The second-order valence-corrected chi connectivity index (χ2v) is 6.81. The minimum absolute atomic E-state index is 0.619. The third kappa shape index (κ3) is 2.69. The maximum absolute atomic E-state index is 5.71. The number of rotatable bonds is 4. The van der Waals surface area contributed by atoms with E-state index in [9.17, 15) is 0 Å². The Morgan fingerprint density at radius 2 is 2.09 bits per heavy atom. The summed E-state index contributed by atoms with van der Waals surface area (Å²) in [5.41, 5.74) is 1.45. The van der Waals surface area contributed by atoms with Gasteiger partial charge in [-0.2, -0.15) is 4.98 Å². The van der Waals surface area contributed by atoms with Gasteiger partial charge in [-0.1, -0.05) is 13.8 Å². The van der Waals surface area contributed by atoms with Crippen molar-refractivity contribution in [3.63, 3.8) is 0 Å². The Morgan fingerprint density at radius 1 is 1.17 bits per heavy atom. The van der Waals surface area contributed by atoms with Crippen LogP contribution in [0, 0.1) is 5.92 Å². The molecule has 0 N–H and O–H groups in total. The van der Waals surface area contributed by atoms with E-state index in [4.69, 9.17) is 4.42 Å². The minimum Gasteiger partial charge on any atom is -0.422 e. The fourth-order valence-corrected chi connectivity index (χ4v) is 4.08. The molecular formula is C17H25N5O. The van der Waals surface area contributed by atoms with Crippen molar-refractivity contribution < 1.29 is 4.42 Å². The van der Waals surface area contributed by atoms with Crippen LogP contribution in [0.1, 0.15) is 39.0 Å². The van der Waals surface area contributed by atoms with Gasteiger partial charge in [0.15, 0.2) is 17.2 Å². The van der Waals surface area contributed by atoms with Gasteiger partial charge in [-0.25, -0.2) is 9.97 Å². The van der Waals surface area contributed by atoms with Crippen molar-refractivity contribution in [3.05, 3.63) is 12.2 Å². The van der Waals surface area contributed by atoms with Crippen LogP contribution in [0.3, 0.4) is 0 Å². The van der Waals surface area contributed by atoms with E-state index < -0.39 is 0 Å². The molecular weight excluding hydrogens is 290 g/mol. The smallest absolute Gasteiger partial charge is 0.252 e. The first-order valence-corrected chi connectivity index (χ1v) is 8.87. The summed E-state index contributed by atoms with van der Waals surface area (Å²) >= 11 is 0. The number of hydrogen-bond donors (Lipinski definition) is 0. The van der Waals surface area contributed by atoms with Gasteiger partial charge in [-0.05, 0) is 31.7 Å². The molecule has 124 valence electrons. The summed E-state index contributed by atoms with van der Waals surface area (Å²) in [6, 6.07) is 0.635. The first-order valence-electron chi connectivity index (χ1n) is 8.87. The van der Waals surface area contributed by atoms with E-state index in [-0.39, 0.29) is 0 Å². The number of fused-ring (bicyclic) bond motifs is 5. The number of nitrogens with zero attached hydrogens (tertiary/aromatic N) is 5. The molecule has 5 heterocycles. The molecule has 23 heavy (non-hydrogen) atoms. The molecule has 0 amide bonds. The van der Waals surface area contributed by atoms with Gasteiger partial charge in [-0.3, -0.25) is 4.90 Å². The topological polar surface area (TPSA) is 58.3 Å². The predicted molar refractivity (Wildman–Crippen MR) is 89.6 cm³/mol. The van der Waals surface area contributed by atoms with Crippen LogP contribution in [0.15, 0.2) is 10.7 Å². The van der Waals surface area contributed by atoms with E-state index in [1.807, 2.05) is 6.92 Å².